The Kier molecular flexibility index (Phi) is 6.13. The van der Waals surface area contributed by atoms with E-state index in [-0.39, 0.29) is 5.41 Å². The van der Waals surface area contributed by atoms with Crippen LogP contribution in [-0.4, -0.2) is 0 Å². The second-order valence-electron chi connectivity index (χ2n) is 11.9. The lowest BCUT2D eigenvalue weighted by molar-refractivity contribution is 0.619. The van der Waals surface area contributed by atoms with Crippen molar-refractivity contribution in [3.05, 3.63) is 169 Å². The number of nitrogens with zero attached hydrogens (tertiary/aromatic N) is 2. The van der Waals surface area contributed by atoms with E-state index in [4.69, 9.17) is 4.42 Å². The summed E-state index contributed by atoms with van der Waals surface area (Å²) in [5, 5.41) is 1.15. The molecule has 1 aliphatic rings. The van der Waals surface area contributed by atoms with Gasteiger partial charge in [-0.05, 0) is 84.4 Å². The summed E-state index contributed by atoms with van der Waals surface area (Å²) in [5.74, 6) is 0.964. The fraction of sp³-hybridized carbons (Fsp3) is 0.0732. The Hall–Kier alpha value is -5.54. The fourth-order valence-corrected chi connectivity index (χ4v) is 6.78. The largest absolute Gasteiger partial charge is 0.456 e. The predicted octanol–water partition coefficient (Wildman–Crippen LogP) is 11.7. The number of rotatable bonds is 6. The molecule has 6 aromatic carbocycles. The van der Waals surface area contributed by atoms with Crippen LogP contribution in [0.2, 0.25) is 0 Å². The van der Waals surface area contributed by atoms with Gasteiger partial charge in [-0.3, -0.25) is 0 Å². The third-order valence-electron chi connectivity index (χ3n) is 8.79. The first-order valence-corrected chi connectivity index (χ1v) is 15.1. The molecule has 0 bridgehead atoms. The van der Waals surface area contributed by atoms with Gasteiger partial charge in [0, 0.05) is 56.1 Å². The summed E-state index contributed by atoms with van der Waals surface area (Å²) in [5.41, 5.74) is 11.0. The SMILES string of the molecule is CC1(C)c2ccc(N(c3ccccc3)c3ccccc3)cc2-c2oc3ccc(N(c4ccccc4)c4ccccc4)cc3c21. The highest BCUT2D eigenvalue weighted by Crippen LogP contribution is 2.55. The molecule has 0 amide bonds. The van der Waals surface area contributed by atoms with Crippen LogP contribution in [0.15, 0.2) is 162 Å². The molecule has 1 aromatic heterocycles. The van der Waals surface area contributed by atoms with Crippen molar-refractivity contribution in [3.63, 3.8) is 0 Å². The summed E-state index contributed by atoms with van der Waals surface area (Å²) in [6.07, 6.45) is 0. The molecule has 0 unspecified atom stereocenters. The Balaban J connectivity index is 1.29. The van der Waals surface area contributed by atoms with Gasteiger partial charge < -0.3 is 14.2 Å². The summed E-state index contributed by atoms with van der Waals surface area (Å²) in [7, 11) is 0. The molecule has 8 rings (SSSR count). The normalized spacial score (nSPS) is 13.0. The minimum absolute atomic E-state index is 0.221. The zero-order valence-electron chi connectivity index (χ0n) is 24.8. The van der Waals surface area contributed by atoms with Crippen molar-refractivity contribution in [1.82, 2.24) is 0 Å². The first-order valence-electron chi connectivity index (χ1n) is 15.1. The summed E-state index contributed by atoms with van der Waals surface area (Å²) in [6, 6.07) is 55.6. The van der Waals surface area contributed by atoms with Gasteiger partial charge in [0.2, 0.25) is 0 Å². The van der Waals surface area contributed by atoms with Gasteiger partial charge in [-0.25, -0.2) is 0 Å². The number of anilines is 6. The minimum atomic E-state index is -0.221. The smallest absolute Gasteiger partial charge is 0.139 e. The maximum absolute atomic E-state index is 6.73. The van der Waals surface area contributed by atoms with Crippen LogP contribution in [0.3, 0.4) is 0 Å². The number of benzene rings is 6. The highest BCUT2D eigenvalue weighted by atomic mass is 16.3. The standard InChI is InChI=1S/C41H32N2O/c1-41(2)37-25-23-33(42(29-15-7-3-8-16-29)30-17-9-4-10-18-30)27-35(37)40-39(41)36-28-34(24-26-38(36)44-40)43(31-19-11-5-12-20-31)32-21-13-6-14-22-32/h3-28H,1-2H3. The van der Waals surface area contributed by atoms with Crippen molar-refractivity contribution in [2.75, 3.05) is 9.80 Å². The Labute approximate surface area is 258 Å². The Morgan fingerprint density at radius 1 is 0.455 bits per heavy atom. The average Bonchev–Trinajstić information content (AvgIpc) is 3.56. The van der Waals surface area contributed by atoms with Crippen molar-refractivity contribution in [2.45, 2.75) is 19.3 Å². The molecule has 3 heteroatoms. The van der Waals surface area contributed by atoms with Crippen LogP contribution in [0.25, 0.3) is 22.3 Å². The lowest BCUT2D eigenvalue weighted by Gasteiger charge is -2.27. The lowest BCUT2D eigenvalue weighted by atomic mass is 9.81. The molecule has 7 aromatic rings. The molecule has 0 atom stereocenters. The van der Waals surface area contributed by atoms with Crippen LogP contribution in [0.4, 0.5) is 34.1 Å². The topological polar surface area (TPSA) is 19.6 Å². The van der Waals surface area contributed by atoms with Crippen LogP contribution in [0, 0.1) is 0 Å². The maximum Gasteiger partial charge on any atom is 0.139 e. The minimum Gasteiger partial charge on any atom is -0.456 e. The van der Waals surface area contributed by atoms with Crippen molar-refractivity contribution in [2.24, 2.45) is 0 Å². The monoisotopic (exact) mass is 568 g/mol. The summed E-state index contributed by atoms with van der Waals surface area (Å²) < 4.78 is 6.73. The third kappa shape index (κ3) is 4.20. The van der Waals surface area contributed by atoms with Crippen LogP contribution >= 0.6 is 0 Å². The molecule has 0 N–H and O–H groups in total. The van der Waals surface area contributed by atoms with Crippen molar-refractivity contribution < 1.29 is 4.42 Å². The molecule has 44 heavy (non-hydrogen) atoms. The molecular formula is C41H32N2O. The van der Waals surface area contributed by atoms with Gasteiger partial charge in [-0.2, -0.15) is 0 Å². The van der Waals surface area contributed by atoms with Crippen LogP contribution < -0.4 is 9.80 Å². The molecule has 0 aliphatic heterocycles. The summed E-state index contributed by atoms with van der Waals surface area (Å²) >= 11 is 0. The Morgan fingerprint density at radius 3 is 1.36 bits per heavy atom. The van der Waals surface area contributed by atoms with Crippen molar-refractivity contribution >= 4 is 45.1 Å². The van der Waals surface area contributed by atoms with E-state index in [1.165, 1.54) is 11.1 Å². The zero-order chi connectivity index (χ0) is 29.7. The molecule has 0 saturated heterocycles. The van der Waals surface area contributed by atoms with Crippen LogP contribution in [0.1, 0.15) is 25.0 Å². The van der Waals surface area contributed by atoms with Gasteiger partial charge in [-0.1, -0.05) is 92.7 Å². The van der Waals surface area contributed by atoms with E-state index < -0.39 is 0 Å². The predicted molar refractivity (Wildman–Crippen MR) is 183 cm³/mol. The number of hydrogen-bond acceptors (Lipinski definition) is 3. The Bertz CT molecular complexity index is 2000. The highest BCUT2D eigenvalue weighted by molar-refractivity contribution is 5.98. The molecule has 212 valence electrons. The molecular weight excluding hydrogens is 536 g/mol. The maximum atomic E-state index is 6.73. The molecule has 0 spiro atoms. The number of hydrogen-bond donors (Lipinski definition) is 0. The first-order chi connectivity index (χ1) is 21.6. The molecule has 1 heterocycles. The molecule has 0 radical (unpaired) electrons. The van der Waals surface area contributed by atoms with Gasteiger partial charge in [0.25, 0.3) is 0 Å². The highest BCUT2D eigenvalue weighted by Gasteiger charge is 2.41. The van der Waals surface area contributed by atoms with Crippen molar-refractivity contribution in [1.29, 1.82) is 0 Å². The zero-order valence-corrected chi connectivity index (χ0v) is 24.8. The Morgan fingerprint density at radius 2 is 0.886 bits per heavy atom. The molecule has 3 nitrogen and oxygen atoms in total. The molecule has 0 saturated carbocycles. The van der Waals surface area contributed by atoms with Gasteiger partial charge in [0.1, 0.15) is 11.3 Å². The fourth-order valence-electron chi connectivity index (χ4n) is 6.78. The van der Waals surface area contributed by atoms with Crippen LogP contribution in [0.5, 0.6) is 0 Å². The van der Waals surface area contributed by atoms with Gasteiger partial charge in [0.15, 0.2) is 0 Å². The van der Waals surface area contributed by atoms with Gasteiger partial charge >= 0.3 is 0 Å². The second-order valence-corrected chi connectivity index (χ2v) is 11.9. The van der Waals surface area contributed by atoms with Gasteiger partial charge in [0.05, 0.1) is 0 Å². The number of fused-ring (bicyclic) bond motifs is 5. The average molecular weight is 569 g/mol. The van der Waals surface area contributed by atoms with Crippen molar-refractivity contribution in [3.8, 4) is 11.3 Å². The van der Waals surface area contributed by atoms with E-state index in [0.717, 1.165) is 56.4 Å². The first kappa shape index (κ1) is 26.1. The summed E-state index contributed by atoms with van der Waals surface area (Å²) in [6.45, 7) is 4.63. The quantitative estimate of drug-likeness (QED) is 0.199. The molecule has 1 aliphatic carbocycles. The van der Waals surface area contributed by atoms with E-state index >= 15 is 0 Å². The van der Waals surface area contributed by atoms with E-state index in [1.807, 2.05) is 0 Å². The number of para-hydroxylation sites is 4. The molecule has 0 fully saturated rings. The number of furan rings is 1. The lowest BCUT2D eigenvalue weighted by Crippen LogP contribution is -2.16. The van der Waals surface area contributed by atoms with E-state index in [0.29, 0.717) is 0 Å². The van der Waals surface area contributed by atoms with E-state index in [2.05, 4.69) is 181 Å². The van der Waals surface area contributed by atoms with E-state index in [9.17, 15) is 0 Å². The second kappa shape index (κ2) is 10.3. The summed E-state index contributed by atoms with van der Waals surface area (Å²) in [4.78, 5) is 4.62. The van der Waals surface area contributed by atoms with Gasteiger partial charge in [-0.15, -0.1) is 0 Å². The van der Waals surface area contributed by atoms with Crippen LogP contribution in [-0.2, 0) is 5.41 Å². The third-order valence-corrected chi connectivity index (χ3v) is 8.79. The van der Waals surface area contributed by atoms with E-state index in [1.54, 1.807) is 0 Å².